The van der Waals surface area contributed by atoms with E-state index in [1.807, 2.05) is 81.4 Å². The summed E-state index contributed by atoms with van der Waals surface area (Å²) in [5, 5.41) is 25.4. The van der Waals surface area contributed by atoms with Crippen LogP contribution in [0.25, 0.3) is 0 Å². The third-order valence-electron chi connectivity index (χ3n) is 25.8. The first-order chi connectivity index (χ1) is 69.8. The minimum Gasteiger partial charge on any atom is -0.462 e. The summed E-state index contributed by atoms with van der Waals surface area (Å²) in [6, 6.07) is 32.7. The van der Waals surface area contributed by atoms with Crippen molar-refractivity contribution in [3.8, 4) is 0 Å². The van der Waals surface area contributed by atoms with Gasteiger partial charge in [0.15, 0.2) is 0 Å². The molecule has 3 atom stereocenters. The van der Waals surface area contributed by atoms with Gasteiger partial charge < -0.3 is 110 Å². The molecule has 144 heavy (non-hydrogen) atoms. The highest BCUT2D eigenvalue weighted by atomic mass is 16.5. The Balaban J connectivity index is 0.000000200. The summed E-state index contributed by atoms with van der Waals surface area (Å²) in [4.78, 5) is 193. The molecular formula is C104H144N16O24. The minimum absolute atomic E-state index is 0.161. The lowest BCUT2D eigenvalue weighted by Crippen LogP contribution is -2.52. The van der Waals surface area contributed by atoms with Crippen molar-refractivity contribution in [1.29, 1.82) is 0 Å². The first kappa shape index (κ1) is 113. The topological polar surface area (TPSA) is 493 Å². The number of carbonyl (C=O) groups excluding carboxylic acids is 15. The van der Waals surface area contributed by atoms with Gasteiger partial charge in [0.05, 0.1) is 64.6 Å². The first-order valence-electron chi connectivity index (χ1n) is 50.5. The molecule has 0 spiro atoms. The molecular weight excluding hydrogens is 1860 g/mol. The fourth-order valence-electron chi connectivity index (χ4n) is 17.9. The summed E-state index contributed by atoms with van der Waals surface area (Å²) in [6.45, 7) is 24.9. The number of ether oxygens (including phenoxy) is 9. The highest BCUT2D eigenvalue weighted by Gasteiger charge is 2.44. The number of amides is 12. The van der Waals surface area contributed by atoms with Gasteiger partial charge in [-0.25, -0.2) is 0 Å². The Hall–Kier alpha value is -11.8. The summed E-state index contributed by atoms with van der Waals surface area (Å²) < 4.78 is 50.1. The maximum atomic E-state index is 13.0. The summed E-state index contributed by atoms with van der Waals surface area (Å²) in [7, 11) is 0. The first-order valence-corrected chi connectivity index (χ1v) is 50.5. The predicted molar refractivity (Wildman–Crippen MR) is 531 cm³/mol. The van der Waals surface area contributed by atoms with E-state index in [2.05, 4.69) is 67.3 Å². The van der Waals surface area contributed by atoms with Crippen LogP contribution < -0.4 is 53.6 Å². The van der Waals surface area contributed by atoms with Crippen LogP contribution in [0.2, 0.25) is 0 Å². The number of fused-ring (bicyclic) bond motifs is 3. The van der Waals surface area contributed by atoms with Gasteiger partial charge in [-0.3, -0.25) is 87.9 Å². The number of carbonyl (C=O) groups is 15. The standard InChI is InChI=1S/2C36H47N5O8.C27H40N6O6.C5H10O2/c2*42-32-12-11-31(35(45)39-32)41-24-29-28(36(41)46)8-4-9-30(29)38-33(43)13-16-37-17-22-48-27-14-18-40(19-15-27)20-23-47-21-5-10-34(44)49-25-26-6-2-1-3-7-26;28-9-15-38-17-14-32-12-7-19(8-13-32)39-16-11-29-10-6-25(35)30-22-3-1-2-20-21(22)18-33(27(20)37)23-4-5-24(34)31-26(23)36;1-5(2,3)7-4-6/h2*1-4,6-9,27,31,37H,5,10-25H2,(H,38,43)(H,39,42,45);1-3,19,23,29H,4-18,28H2,(H,30,35)(H,31,34,36);4H,1-3H3. The molecule has 0 bridgehead atoms. The van der Waals surface area contributed by atoms with E-state index in [4.69, 9.17) is 43.6 Å². The van der Waals surface area contributed by atoms with Crippen molar-refractivity contribution in [3.05, 3.63) is 160 Å². The Morgan fingerprint density at radius 3 is 0.979 bits per heavy atom. The maximum Gasteiger partial charge on any atom is 0.306 e. The number of benzene rings is 5. The number of rotatable bonds is 51. The van der Waals surface area contributed by atoms with Crippen LogP contribution in [0.5, 0.6) is 0 Å². The third kappa shape index (κ3) is 37.7. The van der Waals surface area contributed by atoms with E-state index in [-0.39, 0.29) is 160 Å². The van der Waals surface area contributed by atoms with Crippen LogP contribution in [0.15, 0.2) is 115 Å². The SMILES string of the molecule is CC(C)(C)OC=O.NCCOCCN1CCC(OCCNCCC(=O)Nc2cccc3c2CN(C2CCC(=O)NC2=O)C3=O)CC1.O=C1CCC(N2Cc3c(NC(=O)CCNCCOC4CCN(CCOCCCC(=O)OCc5ccccc5)CC4)cccc3C2=O)C(=O)N1.O=C1CCC(N2Cc3c(NC(=O)CCNCCOC4CCN(CCOCCCC(=O)OCc5ccccc5)CC4)cccc3C2=O)C(=O)N1. The molecule has 9 aliphatic heterocycles. The zero-order valence-corrected chi connectivity index (χ0v) is 83.2. The van der Waals surface area contributed by atoms with Gasteiger partial charge in [0.1, 0.15) is 36.9 Å². The van der Waals surface area contributed by atoms with E-state index in [0.29, 0.717) is 208 Å². The van der Waals surface area contributed by atoms with Crippen LogP contribution >= 0.6 is 0 Å². The average molecular weight is 2000 g/mol. The maximum absolute atomic E-state index is 13.0. The predicted octanol–water partition coefficient (Wildman–Crippen LogP) is 5.55. The van der Waals surface area contributed by atoms with Crippen LogP contribution in [0, 0.1) is 0 Å². The van der Waals surface area contributed by atoms with Gasteiger partial charge in [0.2, 0.25) is 53.2 Å². The molecule has 0 radical (unpaired) electrons. The molecule has 0 aromatic heterocycles. The monoisotopic (exact) mass is 2000 g/mol. The molecule has 0 saturated carbocycles. The summed E-state index contributed by atoms with van der Waals surface area (Å²) >= 11 is 0. The number of nitrogens with zero attached hydrogens (tertiary/aromatic N) is 6. The molecule has 12 amide bonds. The quantitative estimate of drug-likeness (QED) is 0.00749. The van der Waals surface area contributed by atoms with Gasteiger partial charge in [-0.1, -0.05) is 78.9 Å². The smallest absolute Gasteiger partial charge is 0.306 e. The number of imide groups is 3. The lowest BCUT2D eigenvalue weighted by molar-refractivity contribution is -0.146. The van der Waals surface area contributed by atoms with E-state index in [1.165, 1.54) is 14.7 Å². The third-order valence-corrected chi connectivity index (χ3v) is 25.8. The largest absolute Gasteiger partial charge is 0.462 e. The van der Waals surface area contributed by atoms with Crippen molar-refractivity contribution >= 4 is 106 Å². The van der Waals surface area contributed by atoms with E-state index < -0.39 is 35.8 Å². The number of likely N-dealkylation sites (tertiary alicyclic amines) is 3. The highest BCUT2D eigenvalue weighted by Crippen LogP contribution is 2.36. The summed E-state index contributed by atoms with van der Waals surface area (Å²) in [5.74, 6) is -4.10. The number of hydrogen-bond donors (Lipinski definition) is 10. The van der Waals surface area contributed by atoms with Crippen LogP contribution in [-0.4, -0.2) is 325 Å². The van der Waals surface area contributed by atoms with Crippen molar-refractivity contribution in [2.75, 3.05) is 180 Å². The molecule has 0 aliphatic carbocycles. The van der Waals surface area contributed by atoms with Gasteiger partial charge in [0, 0.05) is 239 Å². The second kappa shape index (κ2) is 60.2. The van der Waals surface area contributed by atoms with Crippen molar-refractivity contribution in [1.82, 2.24) is 61.3 Å². The molecule has 40 heteroatoms. The van der Waals surface area contributed by atoms with Crippen molar-refractivity contribution in [3.63, 3.8) is 0 Å². The molecule has 9 heterocycles. The molecule has 11 N–H and O–H groups in total. The van der Waals surface area contributed by atoms with Crippen LogP contribution in [0.4, 0.5) is 17.1 Å². The van der Waals surface area contributed by atoms with Gasteiger partial charge in [-0.15, -0.1) is 0 Å². The lowest BCUT2D eigenvalue weighted by Gasteiger charge is -2.31. The van der Waals surface area contributed by atoms with Crippen LogP contribution in [0.1, 0.15) is 202 Å². The lowest BCUT2D eigenvalue weighted by atomic mass is 10.0. The van der Waals surface area contributed by atoms with E-state index in [9.17, 15) is 71.9 Å². The number of nitrogens with two attached hydrogens (primary N) is 1. The summed E-state index contributed by atoms with van der Waals surface area (Å²) in [5.41, 5.74) is 12.2. The molecule has 6 saturated heterocycles. The van der Waals surface area contributed by atoms with Crippen molar-refractivity contribution in [2.45, 2.75) is 218 Å². The van der Waals surface area contributed by atoms with Gasteiger partial charge in [-0.2, -0.15) is 0 Å². The number of hydrogen-bond acceptors (Lipinski definition) is 31. The Bertz CT molecular complexity index is 4830. The fourth-order valence-corrected chi connectivity index (χ4v) is 17.9. The zero-order valence-electron chi connectivity index (χ0n) is 83.2. The molecule has 9 aliphatic rings. The molecule has 784 valence electrons. The molecule has 5 aromatic carbocycles. The fraction of sp³-hybridized carbons (Fsp3) is 0.567. The average Bonchev–Trinajstić information content (AvgIpc) is 1.63. The number of anilines is 3. The molecule has 3 unspecified atom stereocenters. The second-order valence-corrected chi connectivity index (χ2v) is 37.5. The Labute approximate surface area is 841 Å². The van der Waals surface area contributed by atoms with E-state index >= 15 is 0 Å². The van der Waals surface area contributed by atoms with Gasteiger partial charge >= 0.3 is 11.9 Å². The Morgan fingerprint density at radius 1 is 0.382 bits per heavy atom. The van der Waals surface area contributed by atoms with Gasteiger partial charge in [-0.05, 0) is 139 Å². The number of esters is 2. The molecule has 6 fully saturated rings. The minimum atomic E-state index is -0.702. The van der Waals surface area contributed by atoms with E-state index in [0.717, 1.165) is 109 Å². The van der Waals surface area contributed by atoms with Crippen LogP contribution in [-0.2, 0) is 133 Å². The molecule has 5 aromatic rings. The highest BCUT2D eigenvalue weighted by molar-refractivity contribution is 6.10. The zero-order chi connectivity index (χ0) is 102. The number of nitrogens with one attached hydrogen (secondary N) is 9. The van der Waals surface area contributed by atoms with Crippen molar-refractivity contribution < 1.29 is 115 Å². The normalized spacial score (nSPS) is 18.5. The molecule has 40 nitrogen and oxygen atoms in total. The Kier molecular flexibility index (Phi) is 47.1. The van der Waals surface area contributed by atoms with Gasteiger partial charge in [0.25, 0.3) is 24.2 Å². The van der Waals surface area contributed by atoms with Crippen molar-refractivity contribution in [2.24, 2.45) is 5.73 Å². The summed E-state index contributed by atoms with van der Waals surface area (Å²) in [6.07, 6.45) is 10.8. The Morgan fingerprint density at radius 2 is 0.694 bits per heavy atom. The second-order valence-electron chi connectivity index (χ2n) is 37.5. The van der Waals surface area contributed by atoms with E-state index in [1.54, 1.807) is 54.6 Å². The molecule has 14 rings (SSSR count). The number of piperidine rings is 6. The van der Waals surface area contributed by atoms with Crippen LogP contribution in [0.3, 0.4) is 0 Å².